The van der Waals surface area contributed by atoms with Gasteiger partial charge in [0.2, 0.25) is 5.91 Å². The molecule has 1 aromatic heterocycles. The van der Waals surface area contributed by atoms with Crippen LogP contribution in [0.15, 0.2) is 36.4 Å². The predicted octanol–water partition coefficient (Wildman–Crippen LogP) is 3.52. The lowest BCUT2D eigenvalue weighted by molar-refractivity contribution is -0.136. The van der Waals surface area contributed by atoms with E-state index in [0.717, 1.165) is 39.5 Å². The number of likely N-dealkylation sites (N-methyl/N-ethyl adjacent to an activating group) is 1. The van der Waals surface area contributed by atoms with Crippen molar-refractivity contribution in [1.82, 2.24) is 14.9 Å². The Labute approximate surface area is 170 Å². The van der Waals surface area contributed by atoms with Crippen molar-refractivity contribution >= 4 is 16.9 Å². The Hall–Kier alpha value is -3.02. The third-order valence-electron chi connectivity index (χ3n) is 5.60. The standard InChI is InChI=1S/C23H27N3O3/c1-4-26(11-10-21-24-19-7-5-6-15(2)22(19)25-21)23(27)17-12-16-13-18(28-3)8-9-20(16)29-14-17/h5-9,13,17H,4,10-12,14H2,1-3H3,(H,24,25)/t17-/m0/s1. The molecule has 6 nitrogen and oxygen atoms in total. The number of nitrogens with zero attached hydrogens (tertiary/aromatic N) is 2. The first-order valence-corrected chi connectivity index (χ1v) is 10.1. The SMILES string of the molecule is CCN(CCc1nc2c(C)cccc2[nH]1)C(=O)[C@@H]1COc2ccc(OC)cc2C1. The van der Waals surface area contributed by atoms with Crippen molar-refractivity contribution in [3.05, 3.63) is 53.3 Å². The number of methoxy groups -OCH3 is 1. The van der Waals surface area contributed by atoms with Crippen LogP contribution in [0, 0.1) is 12.8 Å². The van der Waals surface area contributed by atoms with Gasteiger partial charge in [0.05, 0.1) is 24.1 Å². The summed E-state index contributed by atoms with van der Waals surface area (Å²) in [6.07, 6.45) is 1.37. The highest BCUT2D eigenvalue weighted by Crippen LogP contribution is 2.31. The summed E-state index contributed by atoms with van der Waals surface area (Å²) in [5.74, 6) is 2.50. The van der Waals surface area contributed by atoms with E-state index in [1.807, 2.05) is 42.2 Å². The number of aromatic nitrogens is 2. The predicted molar refractivity (Wildman–Crippen MR) is 112 cm³/mol. The molecule has 4 rings (SSSR count). The van der Waals surface area contributed by atoms with Crippen LogP contribution in [0.4, 0.5) is 0 Å². The summed E-state index contributed by atoms with van der Waals surface area (Å²) in [5, 5.41) is 0. The Kier molecular flexibility index (Phi) is 5.43. The number of benzene rings is 2. The summed E-state index contributed by atoms with van der Waals surface area (Å²) >= 11 is 0. The molecule has 0 saturated carbocycles. The van der Waals surface area contributed by atoms with Gasteiger partial charge in [-0.2, -0.15) is 0 Å². The molecular weight excluding hydrogens is 366 g/mol. The van der Waals surface area contributed by atoms with Gasteiger partial charge in [-0.15, -0.1) is 0 Å². The summed E-state index contributed by atoms with van der Waals surface area (Å²) in [7, 11) is 1.65. The number of H-pyrrole nitrogens is 1. The third-order valence-corrected chi connectivity index (χ3v) is 5.60. The minimum Gasteiger partial charge on any atom is -0.497 e. The van der Waals surface area contributed by atoms with Crippen molar-refractivity contribution in [2.45, 2.75) is 26.7 Å². The van der Waals surface area contributed by atoms with Crippen LogP contribution in [0.5, 0.6) is 11.5 Å². The van der Waals surface area contributed by atoms with E-state index in [-0.39, 0.29) is 11.8 Å². The van der Waals surface area contributed by atoms with Crippen LogP contribution in [-0.2, 0) is 17.6 Å². The molecule has 0 unspecified atom stereocenters. The van der Waals surface area contributed by atoms with Gasteiger partial charge in [-0.05, 0) is 55.7 Å². The number of amides is 1. The van der Waals surface area contributed by atoms with E-state index in [0.29, 0.717) is 32.5 Å². The molecule has 0 saturated heterocycles. The molecule has 2 aromatic carbocycles. The van der Waals surface area contributed by atoms with Gasteiger partial charge in [0, 0.05) is 19.5 Å². The molecule has 29 heavy (non-hydrogen) atoms. The molecule has 1 atom stereocenters. The van der Waals surface area contributed by atoms with Crippen LogP contribution >= 0.6 is 0 Å². The lowest BCUT2D eigenvalue weighted by Gasteiger charge is -2.30. The molecule has 3 aromatic rings. The number of hydrogen-bond donors (Lipinski definition) is 1. The first kappa shape index (κ1) is 19.3. The molecule has 0 fully saturated rings. The number of aryl methyl sites for hydroxylation is 1. The second-order valence-corrected chi connectivity index (χ2v) is 7.51. The van der Waals surface area contributed by atoms with Gasteiger partial charge < -0.3 is 19.4 Å². The minimum absolute atomic E-state index is 0.133. The molecule has 152 valence electrons. The Bertz CT molecular complexity index is 1030. The summed E-state index contributed by atoms with van der Waals surface area (Å²) < 4.78 is 11.1. The fourth-order valence-corrected chi connectivity index (χ4v) is 3.92. The number of para-hydroxylation sites is 1. The molecule has 0 aliphatic carbocycles. The highest BCUT2D eigenvalue weighted by atomic mass is 16.5. The van der Waals surface area contributed by atoms with Gasteiger partial charge in [-0.3, -0.25) is 4.79 Å². The summed E-state index contributed by atoms with van der Waals surface area (Å²) in [5.41, 5.74) is 4.23. The van der Waals surface area contributed by atoms with E-state index in [1.54, 1.807) is 7.11 Å². The number of nitrogens with one attached hydrogen (secondary N) is 1. The molecule has 1 aliphatic rings. The normalized spacial score (nSPS) is 15.6. The molecule has 6 heteroatoms. The highest BCUT2D eigenvalue weighted by Gasteiger charge is 2.29. The molecular formula is C23H27N3O3. The van der Waals surface area contributed by atoms with Crippen LogP contribution in [0.3, 0.4) is 0 Å². The van der Waals surface area contributed by atoms with Crippen molar-refractivity contribution in [3.8, 4) is 11.5 Å². The molecule has 1 aliphatic heterocycles. The quantitative estimate of drug-likeness (QED) is 0.696. The van der Waals surface area contributed by atoms with Gasteiger partial charge >= 0.3 is 0 Å². The van der Waals surface area contributed by atoms with E-state index in [4.69, 9.17) is 14.5 Å². The van der Waals surface area contributed by atoms with Gasteiger partial charge in [-0.1, -0.05) is 12.1 Å². The van der Waals surface area contributed by atoms with Crippen LogP contribution in [0.25, 0.3) is 11.0 Å². The maximum Gasteiger partial charge on any atom is 0.229 e. The number of imidazole rings is 1. The lowest BCUT2D eigenvalue weighted by atomic mass is 9.95. The van der Waals surface area contributed by atoms with Gasteiger partial charge in [0.15, 0.2) is 0 Å². The van der Waals surface area contributed by atoms with E-state index < -0.39 is 0 Å². The van der Waals surface area contributed by atoms with Crippen LogP contribution in [-0.4, -0.2) is 47.6 Å². The fraction of sp³-hybridized carbons (Fsp3) is 0.391. The molecule has 0 spiro atoms. The van der Waals surface area contributed by atoms with Crippen molar-refractivity contribution in [2.24, 2.45) is 5.92 Å². The van der Waals surface area contributed by atoms with Crippen LogP contribution < -0.4 is 9.47 Å². The van der Waals surface area contributed by atoms with Crippen molar-refractivity contribution in [2.75, 3.05) is 26.8 Å². The monoisotopic (exact) mass is 393 g/mol. The molecule has 1 N–H and O–H groups in total. The van der Waals surface area contributed by atoms with Gasteiger partial charge in [0.1, 0.15) is 23.9 Å². The second kappa shape index (κ2) is 8.15. The Morgan fingerprint density at radius 3 is 2.97 bits per heavy atom. The molecule has 1 amide bonds. The first-order valence-electron chi connectivity index (χ1n) is 10.1. The van der Waals surface area contributed by atoms with Crippen molar-refractivity contribution < 1.29 is 14.3 Å². The highest BCUT2D eigenvalue weighted by molar-refractivity contribution is 5.80. The number of rotatable bonds is 6. The van der Waals surface area contributed by atoms with E-state index in [1.165, 1.54) is 0 Å². The van der Waals surface area contributed by atoms with Gasteiger partial charge in [0.25, 0.3) is 0 Å². The lowest BCUT2D eigenvalue weighted by Crippen LogP contribution is -2.41. The van der Waals surface area contributed by atoms with Crippen LogP contribution in [0.2, 0.25) is 0 Å². The summed E-state index contributed by atoms with van der Waals surface area (Å²) in [6, 6.07) is 11.9. The van der Waals surface area contributed by atoms with Gasteiger partial charge in [-0.25, -0.2) is 4.98 Å². The zero-order valence-corrected chi connectivity index (χ0v) is 17.2. The molecule has 0 bridgehead atoms. The maximum absolute atomic E-state index is 13.1. The zero-order chi connectivity index (χ0) is 20.4. The summed E-state index contributed by atoms with van der Waals surface area (Å²) in [4.78, 5) is 23.1. The average Bonchev–Trinajstić information content (AvgIpc) is 3.17. The van der Waals surface area contributed by atoms with Crippen LogP contribution in [0.1, 0.15) is 23.9 Å². The van der Waals surface area contributed by atoms with Crippen molar-refractivity contribution in [3.63, 3.8) is 0 Å². The van der Waals surface area contributed by atoms with E-state index in [2.05, 4.69) is 18.0 Å². The number of aromatic amines is 1. The third kappa shape index (κ3) is 3.92. The number of ether oxygens (including phenoxy) is 2. The number of fused-ring (bicyclic) bond motifs is 2. The number of hydrogen-bond acceptors (Lipinski definition) is 4. The maximum atomic E-state index is 13.1. The number of carbonyl (C=O) groups excluding carboxylic acids is 1. The van der Waals surface area contributed by atoms with Crippen molar-refractivity contribution in [1.29, 1.82) is 0 Å². The largest absolute Gasteiger partial charge is 0.497 e. The van der Waals surface area contributed by atoms with E-state index >= 15 is 0 Å². The second-order valence-electron chi connectivity index (χ2n) is 7.51. The smallest absolute Gasteiger partial charge is 0.229 e. The van der Waals surface area contributed by atoms with E-state index in [9.17, 15) is 4.79 Å². The topological polar surface area (TPSA) is 67.5 Å². The Morgan fingerprint density at radius 2 is 2.21 bits per heavy atom. The summed E-state index contributed by atoms with van der Waals surface area (Å²) in [6.45, 7) is 5.79. The molecule has 0 radical (unpaired) electrons. The average molecular weight is 393 g/mol. The Balaban J connectivity index is 1.43. The number of carbonyl (C=O) groups is 1. The fourth-order valence-electron chi connectivity index (χ4n) is 3.92. The molecule has 2 heterocycles. The first-order chi connectivity index (χ1) is 14.1. The zero-order valence-electron chi connectivity index (χ0n) is 17.2. The minimum atomic E-state index is -0.174. The Morgan fingerprint density at radius 1 is 1.34 bits per heavy atom.